The van der Waals surface area contributed by atoms with E-state index in [1.807, 2.05) is 37.4 Å². The number of hydrogen-bond donors (Lipinski definition) is 4. The molecular weight excluding hydrogens is 402 g/mol. The van der Waals surface area contributed by atoms with Crippen LogP contribution in [0.4, 0.5) is 11.6 Å². The number of amides is 1. The van der Waals surface area contributed by atoms with Crippen molar-refractivity contribution in [3.8, 4) is 22.6 Å². The van der Waals surface area contributed by atoms with Crippen molar-refractivity contribution in [1.82, 2.24) is 30.5 Å². The molecule has 0 spiro atoms. The van der Waals surface area contributed by atoms with Crippen molar-refractivity contribution < 1.29 is 4.79 Å². The Kier molecular flexibility index (Phi) is 4.14. The second-order valence-corrected chi connectivity index (χ2v) is 8.62. The predicted molar refractivity (Wildman–Crippen MR) is 122 cm³/mol. The predicted octanol–water partition coefficient (Wildman–Crippen LogP) is 4.60. The highest BCUT2D eigenvalue weighted by Gasteiger charge is 2.27. The number of aromatic nitrogens is 5. The molecule has 1 amide bonds. The van der Waals surface area contributed by atoms with Gasteiger partial charge in [-0.05, 0) is 62.1 Å². The first-order valence-electron chi connectivity index (χ1n) is 10.9. The summed E-state index contributed by atoms with van der Waals surface area (Å²) in [6.45, 7) is 4.06. The van der Waals surface area contributed by atoms with Crippen molar-refractivity contribution in [3.05, 3.63) is 65.1 Å². The van der Waals surface area contributed by atoms with Gasteiger partial charge in [-0.2, -0.15) is 4.98 Å². The lowest BCUT2D eigenvalue weighted by Gasteiger charge is -2.07. The van der Waals surface area contributed by atoms with E-state index in [2.05, 4.69) is 54.8 Å². The fraction of sp³-hybridized carbons (Fsp3) is 0.250. The first kappa shape index (κ1) is 18.8. The summed E-state index contributed by atoms with van der Waals surface area (Å²) in [6.07, 6.45) is 4.38. The van der Waals surface area contributed by atoms with Crippen LogP contribution < -0.4 is 10.6 Å². The number of rotatable bonds is 5. The molecule has 1 fully saturated rings. The van der Waals surface area contributed by atoms with Crippen molar-refractivity contribution in [2.45, 2.75) is 38.6 Å². The number of H-pyrrole nitrogens is 2. The maximum Gasteiger partial charge on any atom is 0.252 e. The number of carbonyl (C=O) groups is 1. The molecule has 32 heavy (non-hydrogen) atoms. The van der Waals surface area contributed by atoms with Gasteiger partial charge in [0.1, 0.15) is 5.82 Å². The van der Waals surface area contributed by atoms with Crippen LogP contribution >= 0.6 is 0 Å². The van der Waals surface area contributed by atoms with Crippen LogP contribution in [0.15, 0.2) is 42.6 Å². The van der Waals surface area contributed by atoms with Gasteiger partial charge in [0, 0.05) is 28.3 Å². The SMILES string of the molecule is Cc1cc(-c2nc(Nc3ccc4c(c3)C(C)NC4=O)n[nH]2)ccc1-c1cnc(C2CC2)[nH]1. The summed E-state index contributed by atoms with van der Waals surface area (Å²) >= 11 is 0. The summed E-state index contributed by atoms with van der Waals surface area (Å²) in [5, 5.41) is 13.5. The molecule has 2 aromatic carbocycles. The second-order valence-electron chi connectivity index (χ2n) is 8.62. The highest BCUT2D eigenvalue weighted by atomic mass is 16.2. The highest BCUT2D eigenvalue weighted by Crippen LogP contribution is 2.39. The van der Waals surface area contributed by atoms with E-state index in [0.717, 1.165) is 45.0 Å². The molecule has 0 radical (unpaired) electrons. The van der Waals surface area contributed by atoms with Gasteiger partial charge in [0.05, 0.1) is 17.9 Å². The van der Waals surface area contributed by atoms with E-state index in [9.17, 15) is 4.79 Å². The lowest BCUT2D eigenvalue weighted by Crippen LogP contribution is -2.16. The van der Waals surface area contributed by atoms with Crippen LogP contribution in [0.2, 0.25) is 0 Å². The molecule has 3 heterocycles. The van der Waals surface area contributed by atoms with Gasteiger partial charge in [0.25, 0.3) is 5.91 Å². The third-order valence-corrected chi connectivity index (χ3v) is 6.20. The lowest BCUT2D eigenvalue weighted by molar-refractivity contribution is 0.0958. The molecule has 2 aliphatic rings. The zero-order valence-electron chi connectivity index (χ0n) is 17.9. The lowest BCUT2D eigenvalue weighted by atomic mass is 10.0. The van der Waals surface area contributed by atoms with Crippen LogP contribution in [-0.4, -0.2) is 31.1 Å². The summed E-state index contributed by atoms with van der Waals surface area (Å²) in [4.78, 5) is 24.5. The van der Waals surface area contributed by atoms with E-state index < -0.39 is 0 Å². The van der Waals surface area contributed by atoms with Crippen molar-refractivity contribution in [1.29, 1.82) is 0 Å². The number of nitrogens with zero attached hydrogens (tertiary/aromatic N) is 3. The van der Waals surface area contributed by atoms with Crippen LogP contribution in [-0.2, 0) is 0 Å². The Morgan fingerprint density at radius 2 is 1.94 bits per heavy atom. The summed E-state index contributed by atoms with van der Waals surface area (Å²) in [6, 6.07) is 11.9. The maximum absolute atomic E-state index is 11.9. The number of fused-ring (bicyclic) bond motifs is 1. The largest absolute Gasteiger partial charge is 0.345 e. The molecule has 160 valence electrons. The summed E-state index contributed by atoms with van der Waals surface area (Å²) < 4.78 is 0. The molecule has 1 aliphatic heterocycles. The van der Waals surface area contributed by atoms with E-state index in [-0.39, 0.29) is 11.9 Å². The van der Waals surface area contributed by atoms with Gasteiger partial charge in [-0.25, -0.2) is 4.98 Å². The smallest absolute Gasteiger partial charge is 0.252 e. The van der Waals surface area contributed by atoms with Crippen LogP contribution in [0.1, 0.15) is 59.0 Å². The van der Waals surface area contributed by atoms with Crippen LogP contribution in [0.3, 0.4) is 0 Å². The zero-order valence-corrected chi connectivity index (χ0v) is 17.9. The Morgan fingerprint density at radius 1 is 1.09 bits per heavy atom. The third kappa shape index (κ3) is 3.24. The topological polar surface area (TPSA) is 111 Å². The number of nitrogens with one attached hydrogen (secondary N) is 4. The first-order valence-corrected chi connectivity index (χ1v) is 10.9. The fourth-order valence-electron chi connectivity index (χ4n) is 4.28. The molecule has 8 nitrogen and oxygen atoms in total. The number of hydrogen-bond acceptors (Lipinski definition) is 5. The normalized spacial score (nSPS) is 17.3. The Labute approximate surface area is 184 Å². The first-order chi connectivity index (χ1) is 15.5. The van der Waals surface area contributed by atoms with Crippen molar-refractivity contribution in [2.75, 3.05) is 5.32 Å². The molecular formula is C24H23N7O. The van der Waals surface area contributed by atoms with E-state index in [0.29, 0.717) is 17.7 Å². The molecule has 4 aromatic rings. The molecule has 4 N–H and O–H groups in total. The van der Waals surface area contributed by atoms with Gasteiger partial charge in [-0.3, -0.25) is 9.89 Å². The monoisotopic (exact) mass is 425 g/mol. The average Bonchev–Trinajstić information content (AvgIpc) is 3.21. The van der Waals surface area contributed by atoms with Crippen molar-refractivity contribution in [2.24, 2.45) is 0 Å². The van der Waals surface area contributed by atoms with Gasteiger partial charge >= 0.3 is 0 Å². The van der Waals surface area contributed by atoms with Gasteiger partial charge < -0.3 is 15.6 Å². The Balaban J connectivity index is 1.22. The van der Waals surface area contributed by atoms with E-state index in [1.165, 1.54) is 12.8 Å². The zero-order chi connectivity index (χ0) is 21.8. The molecule has 0 bridgehead atoms. The molecule has 1 atom stereocenters. The minimum atomic E-state index is -0.0306. The minimum absolute atomic E-state index is 0.00123. The third-order valence-electron chi connectivity index (χ3n) is 6.20. The van der Waals surface area contributed by atoms with E-state index in [1.54, 1.807) is 0 Å². The van der Waals surface area contributed by atoms with Gasteiger partial charge in [0.2, 0.25) is 5.95 Å². The molecule has 0 saturated heterocycles. The molecule has 6 rings (SSSR count). The Morgan fingerprint density at radius 3 is 2.75 bits per heavy atom. The maximum atomic E-state index is 11.9. The minimum Gasteiger partial charge on any atom is -0.345 e. The number of imidazole rings is 1. The van der Waals surface area contributed by atoms with Crippen LogP contribution in [0.5, 0.6) is 0 Å². The number of anilines is 2. The van der Waals surface area contributed by atoms with Gasteiger partial charge in [-0.1, -0.05) is 12.1 Å². The molecule has 1 aliphatic carbocycles. The number of carbonyl (C=O) groups excluding carboxylic acids is 1. The van der Waals surface area contributed by atoms with Crippen molar-refractivity contribution >= 4 is 17.5 Å². The summed E-state index contributed by atoms with van der Waals surface area (Å²) in [5.74, 6) is 2.84. The van der Waals surface area contributed by atoms with Crippen molar-refractivity contribution in [3.63, 3.8) is 0 Å². The number of benzene rings is 2. The fourth-order valence-corrected chi connectivity index (χ4v) is 4.28. The Hall–Kier alpha value is -3.94. The van der Waals surface area contributed by atoms with Crippen LogP contribution in [0, 0.1) is 6.92 Å². The second kappa shape index (κ2) is 7.05. The highest BCUT2D eigenvalue weighted by molar-refractivity contribution is 5.99. The molecule has 2 aromatic heterocycles. The standard InChI is InChI=1S/C24H23N7O/c1-12-9-15(5-7-17(12)20-11-25-21(28-20)14-3-4-14)22-29-24(31-30-22)27-16-6-8-18-19(10-16)13(2)26-23(18)32/h5-11,13-14H,3-4H2,1-2H3,(H,25,28)(H,26,32)(H2,27,29,30,31). The summed E-state index contributed by atoms with van der Waals surface area (Å²) in [5.41, 5.74) is 6.84. The molecule has 8 heteroatoms. The molecule has 1 saturated carbocycles. The summed E-state index contributed by atoms with van der Waals surface area (Å²) in [7, 11) is 0. The van der Waals surface area contributed by atoms with E-state index >= 15 is 0 Å². The number of aryl methyl sites for hydroxylation is 1. The van der Waals surface area contributed by atoms with Gasteiger partial charge in [0.15, 0.2) is 5.82 Å². The quantitative estimate of drug-likeness (QED) is 0.374. The Bertz CT molecular complexity index is 1350. The average molecular weight is 425 g/mol. The van der Waals surface area contributed by atoms with Gasteiger partial charge in [-0.15, -0.1) is 5.10 Å². The number of aromatic amines is 2. The molecule has 1 unspecified atom stereocenters. The van der Waals surface area contributed by atoms with E-state index in [4.69, 9.17) is 0 Å². The van der Waals surface area contributed by atoms with Crippen LogP contribution in [0.25, 0.3) is 22.6 Å².